The number of amides is 1. The summed E-state index contributed by atoms with van der Waals surface area (Å²) in [5, 5.41) is 13.5. The molecule has 0 atom stereocenters. The first kappa shape index (κ1) is 14.7. The lowest BCUT2D eigenvalue weighted by Gasteiger charge is -2.09. The number of nitro groups is 1. The number of ether oxygens (including phenoxy) is 1. The van der Waals surface area contributed by atoms with Crippen LogP contribution in [0.2, 0.25) is 5.02 Å². The summed E-state index contributed by atoms with van der Waals surface area (Å²) in [7, 11) is 1.32. The summed E-state index contributed by atoms with van der Waals surface area (Å²) in [6.07, 6.45) is 1.48. The van der Waals surface area contributed by atoms with Crippen LogP contribution < -0.4 is 10.1 Å². The second-order valence-electron chi connectivity index (χ2n) is 3.93. The predicted molar refractivity (Wildman–Crippen MR) is 76.8 cm³/mol. The largest absolute Gasteiger partial charge is 0.496 e. The van der Waals surface area contributed by atoms with Crippen molar-refractivity contribution in [2.45, 2.75) is 0 Å². The first-order valence-electron chi connectivity index (χ1n) is 5.77. The molecule has 0 aliphatic carbocycles. The number of rotatable bonds is 4. The molecule has 0 aliphatic heterocycles. The Labute approximate surface area is 124 Å². The molecule has 1 amide bonds. The lowest BCUT2D eigenvalue weighted by molar-refractivity contribution is -0.384. The Morgan fingerprint density at radius 2 is 2.19 bits per heavy atom. The van der Waals surface area contributed by atoms with Crippen molar-refractivity contribution >= 4 is 29.0 Å². The summed E-state index contributed by atoms with van der Waals surface area (Å²) in [5.74, 6) is -0.235. The fourth-order valence-electron chi connectivity index (χ4n) is 1.63. The maximum atomic E-state index is 12.2. The number of anilines is 1. The zero-order valence-electron chi connectivity index (χ0n) is 10.9. The van der Waals surface area contributed by atoms with Crippen molar-refractivity contribution in [3.63, 3.8) is 0 Å². The highest BCUT2D eigenvalue weighted by Crippen LogP contribution is 2.26. The minimum absolute atomic E-state index is 0.0914. The fourth-order valence-corrected chi connectivity index (χ4v) is 1.80. The molecule has 0 aliphatic rings. The van der Waals surface area contributed by atoms with Crippen LogP contribution >= 0.6 is 11.6 Å². The smallest absolute Gasteiger partial charge is 0.273 e. The number of nitrogens with zero attached hydrogens (tertiary/aromatic N) is 2. The second-order valence-corrected chi connectivity index (χ2v) is 4.34. The van der Waals surface area contributed by atoms with Crippen molar-refractivity contribution in [3.05, 3.63) is 57.2 Å². The number of nitro benzene ring substituents is 1. The molecule has 1 heterocycles. The molecule has 108 valence electrons. The Balaban J connectivity index is 2.31. The highest BCUT2D eigenvalue weighted by molar-refractivity contribution is 6.33. The number of halogens is 1. The average Bonchev–Trinajstić information content (AvgIpc) is 2.48. The summed E-state index contributed by atoms with van der Waals surface area (Å²) in [6.45, 7) is 0. The molecule has 0 unspecified atom stereocenters. The van der Waals surface area contributed by atoms with E-state index in [9.17, 15) is 14.9 Å². The standard InChI is InChI=1S/C13H10ClN3O4/c1-21-11-7-8(17(19)20)4-5-9(11)13(18)16-12-10(14)3-2-6-15-12/h2-7H,1H3,(H,15,16,18). The maximum absolute atomic E-state index is 12.2. The van der Waals surface area contributed by atoms with Gasteiger partial charge in [-0.15, -0.1) is 0 Å². The molecule has 7 nitrogen and oxygen atoms in total. The summed E-state index contributed by atoms with van der Waals surface area (Å²) in [5.41, 5.74) is -0.0240. The van der Waals surface area contributed by atoms with Crippen LogP contribution in [-0.4, -0.2) is 22.9 Å². The maximum Gasteiger partial charge on any atom is 0.273 e. The topological polar surface area (TPSA) is 94.4 Å². The highest BCUT2D eigenvalue weighted by Gasteiger charge is 2.17. The van der Waals surface area contributed by atoms with E-state index in [4.69, 9.17) is 16.3 Å². The van der Waals surface area contributed by atoms with Gasteiger partial charge in [-0.05, 0) is 18.2 Å². The van der Waals surface area contributed by atoms with Gasteiger partial charge in [0, 0.05) is 12.3 Å². The van der Waals surface area contributed by atoms with Crippen LogP contribution in [0.1, 0.15) is 10.4 Å². The molecule has 1 aromatic carbocycles. The van der Waals surface area contributed by atoms with Crippen LogP contribution in [0.25, 0.3) is 0 Å². The normalized spacial score (nSPS) is 10.0. The van der Waals surface area contributed by atoms with Crippen LogP contribution in [0.4, 0.5) is 11.5 Å². The van der Waals surface area contributed by atoms with Gasteiger partial charge in [0.15, 0.2) is 5.82 Å². The van der Waals surface area contributed by atoms with Crippen LogP contribution in [0, 0.1) is 10.1 Å². The molecule has 0 saturated heterocycles. The Kier molecular flexibility index (Phi) is 4.34. The summed E-state index contributed by atoms with van der Waals surface area (Å²) in [4.78, 5) is 26.2. The number of carbonyl (C=O) groups excluding carboxylic acids is 1. The van der Waals surface area contributed by atoms with Gasteiger partial charge in [-0.25, -0.2) is 4.98 Å². The van der Waals surface area contributed by atoms with Crippen molar-refractivity contribution in [2.24, 2.45) is 0 Å². The quantitative estimate of drug-likeness (QED) is 0.692. The Hall–Kier alpha value is -2.67. The molecule has 1 aromatic heterocycles. The predicted octanol–water partition coefficient (Wildman–Crippen LogP) is 2.90. The van der Waals surface area contributed by atoms with Gasteiger partial charge >= 0.3 is 0 Å². The Morgan fingerprint density at radius 1 is 1.43 bits per heavy atom. The van der Waals surface area contributed by atoms with Crippen LogP contribution in [0.5, 0.6) is 5.75 Å². The number of nitrogens with one attached hydrogen (secondary N) is 1. The van der Waals surface area contributed by atoms with E-state index in [-0.39, 0.29) is 27.8 Å². The lowest BCUT2D eigenvalue weighted by Crippen LogP contribution is -2.14. The van der Waals surface area contributed by atoms with Gasteiger partial charge in [0.2, 0.25) is 0 Å². The molecule has 0 fully saturated rings. The van der Waals surface area contributed by atoms with Crippen LogP contribution in [-0.2, 0) is 0 Å². The highest BCUT2D eigenvalue weighted by atomic mass is 35.5. The number of aromatic nitrogens is 1. The van der Waals surface area contributed by atoms with Crippen molar-refractivity contribution < 1.29 is 14.5 Å². The number of methoxy groups -OCH3 is 1. The van der Waals surface area contributed by atoms with Gasteiger partial charge in [-0.1, -0.05) is 11.6 Å². The number of carbonyl (C=O) groups is 1. The number of pyridine rings is 1. The molecular formula is C13H10ClN3O4. The van der Waals surface area contributed by atoms with E-state index in [1.807, 2.05) is 0 Å². The average molecular weight is 308 g/mol. The van der Waals surface area contributed by atoms with E-state index in [1.54, 1.807) is 12.1 Å². The monoisotopic (exact) mass is 307 g/mol. The summed E-state index contributed by atoms with van der Waals surface area (Å²) < 4.78 is 5.01. The third-order valence-electron chi connectivity index (χ3n) is 2.63. The van der Waals surface area contributed by atoms with E-state index in [2.05, 4.69) is 10.3 Å². The van der Waals surface area contributed by atoms with Gasteiger partial charge < -0.3 is 10.1 Å². The van der Waals surface area contributed by atoms with E-state index in [1.165, 1.54) is 31.5 Å². The Bertz CT molecular complexity index is 706. The Morgan fingerprint density at radius 3 is 2.81 bits per heavy atom. The molecule has 0 radical (unpaired) electrons. The number of benzene rings is 1. The minimum Gasteiger partial charge on any atom is -0.496 e. The molecule has 8 heteroatoms. The van der Waals surface area contributed by atoms with E-state index >= 15 is 0 Å². The van der Waals surface area contributed by atoms with Gasteiger partial charge in [0.1, 0.15) is 5.75 Å². The SMILES string of the molecule is COc1cc([N+](=O)[O-])ccc1C(=O)Nc1ncccc1Cl. The first-order chi connectivity index (χ1) is 10.0. The lowest BCUT2D eigenvalue weighted by atomic mass is 10.1. The van der Waals surface area contributed by atoms with Gasteiger partial charge in [-0.2, -0.15) is 0 Å². The first-order valence-corrected chi connectivity index (χ1v) is 6.15. The van der Waals surface area contributed by atoms with Crippen molar-refractivity contribution in [3.8, 4) is 5.75 Å². The molecule has 0 saturated carbocycles. The molecule has 2 aromatic rings. The van der Waals surface area contributed by atoms with Crippen LogP contribution in [0.15, 0.2) is 36.5 Å². The summed E-state index contributed by atoms with van der Waals surface area (Å²) in [6, 6.07) is 6.91. The zero-order valence-corrected chi connectivity index (χ0v) is 11.6. The minimum atomic E-state index is -0.570. The van der Waals surface area contributed by atoms with Gasteiger partial charge in [0.05, 0.1) is 28.7 Å². The zero-order chi connectivity index (χ0) is 15.4. The fraction of sp³-hybridized carbons (Fsp3) is 0.0769. The number of hydrogen-bond acceptors (Lipinski definition) is 5. The third kappa shape index (κ3) is 3.26. The van der Waals surface area contributed by atoms with E-state index in [0.29, 0.717) is 0 Å². The van der Waals surface area contributed by atoms with Gasteiger partial charge in [-0.3, -0.25) is 14.9 Å². The molecule has 0 spiro atoms. The van der Waals surface area contributed by atoms with E-state index < -0.39 is 10.8 Å². The molecule has 0 bridgehead atoms. The molecule has 1 N–H and O–H groups in total. The van der Waals surface area contributed by atoms with Crippen molar-refractivity contribution in [1.29, 1.82) is 0 Å². The molecule has 21 heavy (non-hydrogen) atoms. The number of non-ortho nitro benzene ring substituents is 1. The molecular weight excluding hydrogens is 298 g/mol. The summed E-state index contributed by atoms with van der Waals surface area (Å²) >= 11 is 5.90. The van der Waals surface area contributed by atoms with Gasteiger partial charge in [0.25, 0.3) is 11.6 Å². The van der Waals surface area contributed by atoms with E-state index in [0.717, 1.165) is 0 Å². The van der Waals surface area contributed by atoms with Crippen molar-refractivity contribution in [2.75, 3.05) is 12.4 Å². The van der Waals surface area contributed by atoms with Crippen molar-refractivity contribution in [1.82, 2.24) is 4.98 Å². The third-order valence-corrected chi connectivity index (χ3v) is 2.94. The molecule has 2 rings (SSSR count). The number of hydrogen-bond donors (Lipinski definition) is 1. The van der Waals surface area contributed by atoms with Crippen LogP contribution in [0.3, 0.4) is 0 Å². The second kappa shape index (κ2) is 6.19.